The van der Waals surface area contributed by atoms with Gasteiger partial charge in [-0.2, -0.15) is 0 Å². The van der Waals surface area contributed by atoms with Crippen LogP contribution in [0.4, 0.5) is 20.2 Å². The number of rotatable bonds is 4. The molecule has 0 bridgehead atoms. The highest BCUT2D eigenvalue weighted by molar-refractivity contribution is 9.10. The molecule has 0 unspecified atom stereocenters. The van der Waals surface area contributed by atoms with E-state index >= 15 is 0 Å². The summed E-state index contributed by atoms with van der Waals surface area (Å²) < 4.78 is 26.8. The van der Waals surface area contributed by atoms with Gasteiger partial charge in [-0.25, -0.2) is 8.78 Å². The lowest BCUT2D eigenvalue weighted by Gasteiger charge is -2.09. The van der Waals surface area contributed by atoms with E-state index in [9.17, 15) is 18.9 Å². The highest BCUT2D eigenvalue weighted by atomic mass is 79.9. The first-order valence-corrected chi connectivity index (χ1v) is 6.87. The number of benzene rings is 2. The van der Waals surface area contributed by atoms with Crippen LogP contribution in [0.25, 0.3) is 0 Å². The number of anilines is 1. The fourth-order valence-corrected chi connectivity index (χ4v) is 2.26. The van der Waals surface area contributed by atoms with Crippen molar-refractivity contribution in [1.82, 2.24) is 0 Å². The summed E-state index contributed by atoms with van der Waals surface area (Å²) in [5.74, 6) is -1.52. The summed E-state index contributed by atoms with van der Waals surface area (Å²) in [7, 11) is 0. The predicted octanol–water partition coefficient (Wildman–Crippen LogP) is 4.90. The topological polar surface area (TPSA) is 55.2 Å². The van der Waals surface area contributed by atoms with Gasteiger partial charge in [0.2, 0.25) is 0 Å². The molecule has 1 N–H and O–H groups in total. The molecule has 8 heteroatoms. The summed E-state index contributed by atoms with van der Waals surface area (Å²) in [6, 6.07) is 6.04. The molecule has 2 rings (SSSR count). The van der Waals surface area contributed by atoms with Gasteiger partial charge >= 0.3 is 0 Å². The molecule has 0 aliphatic heterocycles. The quantitative estimate of drug-likeness (QED) is 0.468. The van der Waals surface area contributed by atoms with Crippen LogP contribution in [0.15, 0.2) is 34.8 Å². The Hall–Kier alpha value is -1.73. The van der Waals surface area contributed by atoms with Gasteiger partial charge < -0.3 is 5.32 Å². The van der Waals surface area contributed by atoms with Crippen LogP contribution >= 0.6 is 27.5 Å². The lowest BCUT2D eigenvalue weighted by atomic mass is 10.1. The van der Waals surface area contributed by atoms with Crippen molar-refractivity contribution >= 4 is 38.9 Å². The third-order valence-corrected chi connectivity index (χ3v) is 3.56. The summed E-state index contributed by atoms with van der Waals surface area (Å²) in [5, 5.41) is 13.9. The first-order chi connectivity index (χ1) is 9.88. The largest absolute Gasteiger partial charge is 0.378 e. The molecule has 4 nitrogen and oxygen atoms in total. The van der Waals surface area contributed by atoms with Crippen molar-refractivity contribution in [2.24, 2.45) is 0 Å². The second-order valence-electron chi connectivity index (χ2n) is 4.13. The van der Waals surface area contributed by atoms with Crippen LogP contribution in [-0.4, -0.2) is 4.92 Å². The van der Waals surface area contributed by atoms with Crippen molar-refractivity contribution in [1.29, 1.82) is 0 Å². The van der Waals surface area contributed by atoms with Crippen LogP contribution < -0.4 is 5.32 Å². The van der Waals surface area contributed by atoms with E-state index in [4.69, 9.17) is 11.6 Å². The Morgan fingerprint density at radius 1 is 1.24 bits per heavy atom. The van der Waals surface area contributed by atoms with Crippen molar-refractivity contribution in [3.63, 3.8) is 0 Å². The number of halogens is 4. The van der Waals surface area contributed by atoms with E-state index in [1.807, 2.05) is 0 Å². The van der Waals surface area contributed by atoms with Gasteiger partial charge in [0.25, 0.3) is 5.69 Å². The maximum atomic E-state index is 13.6. The molecule has 0 saturated heterocycles. The van der Waals surface area contributed by atoms with E-state index in [1.165, 1.54) is 24.3 Å². The van der Waals surface area contributed by atoms with Crippen LogP contribution in [0.1, 0.15) is 5.56 Å². The second kappa shape index (κ2) is 6.36. The van der Waals surface area contributed by atoms with Crippen molar-refractivity contribution < 1.29 is 13.7 Å². The van der Waals surface area contributed by atoms with Gasteiger partial charge in [0, 0.05) is 23.7 Å². The normalized spacial score (nSPS) is 10.5. The van der Waals surface area contributed by atoms with Gasteiger partial charge in [-0.05, 0) is 34.1 Å². The minimum atomic E-state index is -0.791. The smallest absolute Gasteiger partial charge is 0.274 e. The Morgan fingerprint density at radius 2 is 1.95 bits per heavy atom. The van der Waals surface area contributed by atoms with E-state index in [0.717, 1.165) is 6.07 Å². The first kappa shape index (κ1) is 15.7. The molecule has 0 aromatic heterocycles. The van der Waals surface area contributed by atoms with Crippen LogP contribution in [0.2, 0.25) is 5.02 Å². The Balaban J connectivity index is 2.26. The summed E-state index contributed by atoms with van der Waals surface area (Å²) in [4.78, 5) is 10.4. The Labute approximate surface area is 132 Å². The lowest BCUT2D eigenvalue weighted by Crippen LogP contribution is -2.05. The molecule has 0 aliphatic carbocycles. The fraction of sp³-hybridized carbons (Fsp3) is 0.0769. The molecule has 0 fully saturated rings. The molecule has 0 radical (unpaired) electrons. The van der Waals surface area contributed by atoms with Crippen molar-refractivity contribution in [3.8, 4) is 0 Å². The van der Waals surface area contributed by atoms with Gasteiger partial charge in [-0.15, -0.1) is 0 Å². The molecule has 0 saturated carbocycles. The zero-order chi connectivity index (χ0) is 15.6. The zero-order valence-electron chi connectivity index (χ0n) is 10.4. The number of nitrogens with one attached hydrogen (secondary N) is 1. The van der Waals surface area contributed by atoms with E-state index in [1.54, 1.807) is 0 Å². The summed E-state index contributed by atoms with van der Waals surface area (Å²) in [6.07, 6.45) is 0. The van der Waals surface area contributed by atoms with Crippen LogP contribution in [0.5, 0.6) is 0 Å². The average Bonchev–Trinajstić information content (AvgIpc) is 2.41. The fourth-order valence-electron chi connectivity index (χ4n) is 1.72. The van der Waals surface area contributed by atoms with Crippen molar-refractivity contribution in [3.05, 3.63) is 67.1 Å². The van der Waals surface area contributed by atoms with E-state index in [-0.39, 0.29) is 22.4 Å². The minimum Gasteiger partial charge on any atom is -0.378 e. The molecule has 2 aromatic rings. The third kappa shape index (κ3) is 3.68. The van der Waals surface area contributed by atoms with Crippen LogP contribution in [0.3, 0.4) is 0 Å². The number of hydrogen-bond acceptors (Lipinski definition) is 3. The molecule has 0 amide bonds. The Morgan fingerprint density at radius 3 is 2.62 bits per heavy atom. The average molecular weight is 378 g/mol. The summed E-state index contributed by atoms with van der Waals surface area (Å²) in [5.41, 5.74) is 0.193. The van der Waals surface area contributed by atoms with Crippen molar-refractivity contribution in [2.75, 3.05) is 5.32 Å². The molecular weight excluding hydrogens is 370 g/mol. The number of hydrogen-bond donors (Lipinski definition) is 1. The molecule has 0 spiro atoms. The van der Waals surface area contributed by atoms with Gasteiger partial charge in [-0.1, -0.05) is 11.6 Å². The molecule has 2 aromatic carbocycles. The first-order valence-electron chi connectivity index (χ1n) is 5.69. The maximum absolute atomic E-state index is 13.6. The maximum Gasteiger partial charge on any atom is 0.274 e. The third-order valence-electron chi connectivity index (χ3n) is 2.72. The molecule has 0 atom stereocenters. The highest BCUT2D eigenvalue weighted by Crippen LogP contribution is 2.27. The van der Waals surface area contributed by atoms with Gasteiger partial charge in [0.05, 0.1) is 20.6 Å². The Kier molecular flexibility index (Phi) is 4.74. The van der Waals surface area contributed by atoms with Crippen molar-refractivity contribution in [2.45, 2.75) is 6.54 Å². The van der Waals surface area contributed by atoms with Gasteiger partial charge in [0.15, 0.2) is 0 Å². The van der Waals surface area contributed by atoms with Gasteiger partial charge in [-0.3, -0.25) is 10.1 Å². The highest BCUT2D eigenvalue weighted by Gasteiger charge is 2.15. The van der Waals surface area contributed by atoms with Crippen LogP contribution in [0, 0.1) is 21.7 Å². The van der Waals surface area contributed by atoms with E-state index in [2.05, 4.69) is 21.2 Å². The standard InChI is InChI=1S/C13H8BrClF2N2O2/c14-9-4-12(11(17)5-10(9)16)18-6-7-3-8(15)1-2-13(7)19(20)21/h1-5,18H,6H2. The minimum absolute atomic E-state index is 0.0220. The van der Waals surface area contributed by atoms with E-state index in [0.29, 0.717) is 10.6 Å². The summed E-state index contributed by atoms with van der Waals surface area (Å²) in [6.45, 7) is -0.0220. The molecule has 21 heavy (non-hydrogen) atoms. The lowest BCUT2D eigenvalue weighted by molar-refractivity contribution is -0.385. The molecule has 110 valence electrons. The molecule has 0 aliphatic rings. The Bertz CT molecular complexity index is 713. The predicted molar refractivity (Wildman–Crippen MR) is 79.5 cm³/mol. The molecule has 0 heterocycles. The SMILES string of the molecule is O=[N+]([O-])c1ccc(Cl)cc1CNc1cc(Br)c(F)cc1F. The number of nitrogens with zero attached hydrogens (tertiary/aromatic N) is 1. The zero-order valence-corrected chi connectivity index (χ0v) is 12.7. The number of nitro groups is 1. The number of nitro benzene ring substituents is 1. The summed E-state index contributed by atoms with van der Waals surface area (Å²) >= 11 is 8.74. The van der Waals surface area contributed by atoms with Crippen LogP contribution in [-0.2, 0) is 6.54 Å². The second-order valence-corrected chi connectivity index (χ2v) is 5.42. The molecular formula is C13H8BrClF2N2O2. The monoisotopic (exact) mass is 376 g/mol. The van der Waals surface area contributed by atoms with Gasteiger partial charge in [0.1, 0.15) is 11.6 Å². The van der Waals surface area contributed by atoms with E-state index < -0.39 is 16.6 Å².